The number of nitrogens with zero attached hydrogens (tertiary/aromatic N) is 1. The predicted molar refractivity (Wildman–Crippen MR) is 84.6 cm³/mol. The van der Waals surface area contributed by atoms with Crippen molar-refractivity contribution in [1.82, 2.24) is 5.16 Å². The molecule has 0 amide bonds. The lowest BCUT2D eigenvalue weighted by atomic mass is 10.0. The molecular formula is C18H17NO3. The Morgan fingerprint density at radius 2 is 1.86 bits per heavy atom. The Labute approximate surface area is 129 Å². The van der Waals surface area contributed by atoms with Crippen molar-refractivity contribution in [3.05, 3.63) is 59.7 Å². The van der Waals surface area contributed by atoms with Crippen molar-refractivity contribution in [1.29, 1.82) is 0 Å². The summed E-state index contributed by atoms with van der Waals surface area (Å²) in [6.07, 6.45) is 0. The average molecular weight is 295 g/mol. The molecule has 3 aromatic rings. The van der Waals surface area contributed by atoms with Crippen molar-refractivity contribution < 1.29 is 14.4 Å². The van der Waals surface area contributed by atoms with Crippen LogP contribution in [0, 0.1) is 6.92 Å². The van der Waals surface area contributed by atoms with Gasteiger partial charge in [0.15, 0.2) is 5.76 Å². The molecule has 4 nitrogen and oxygen atoms in total. The summed E-state index contributed by atoms with van der Waals surface area (Å²) in [7, 11) is 1.63. The van der Waals surface area contributed by atoms with Gasteiger partial charge in [-0.1, -0.05) is 28.9 Å². The van der Waals surface area contributed by atoms with E-state index in [1.54, 1.807) is 7.11 Å². The summed E-state index contributed by atoms with van der Waals surface area (Å²) >= 11 is 0. The molecule has 1 heterocycles. The van der Waals surface area contributed by atoms with Crippen LogP contribution in [-0.2, 0) is 6.61 Å². The molecule has 112 valence electrons. The molecule has 0 radical (unpaired) electrons. The van der Waals surface area contributed by atoms with E-state index in [9.17, 15) is 5.11 Å². The summed E-state index contributed by atoms with van der Waals surface area (Å²) in [5, 5.41) is 13.9. The van der Waals surface area contributed by atoms with Crippen molar-refractivity contribution >= 4 is 0 Å². The van der Waals surface area contributed by atoms with Gasteiger partial charge in [0.2, 0.25) is 0 Å². The number of ether oxygens (including phenoxy) is 1. The zero-order valence-corrected chi connectivity index (χ0v) is 12.5. The summed E-state index contributed by atoms with van der Waals surface area (Å²) in [6.45, 7) is 1.89. The predicted octanol–water partition coefficient (Wildman–Crippen LogP) is 3.82. The Balaban J connectivity index is 2.06. The zero-order valence-electron chi connectivity index (χ0n) is 12.5. The van der Waals surface area contributed by atoms with Crippen molar-refractivity contribution in [3.63, 3.8) is 0 Å². The number of hydrogen-bond acceptors (Lipinski definition) is 4. The van der Waals surface area contributed by atoms with E-state index in [-0.39, 0.29) is 6.61 Å². The van der Waals surface area contributed by atoms with Gasteiger partial charge in [0, 0.05) is 11.1 Å². The highest BCUT2D eigenvalue weighted by Crippen LogP contribution is 2.33. The monoisotopic (exact) mass is 295 g/mol. The Hall–Kier alpha value is -2.59. The van der Waals surface area contributed by atoms with Crippen LogP contribution in [0.3, 0.4) is 0 Å². The fourth-order valence-electron chi connectivity index (χ4n) is 2.44. The van der Waals surface area contributed by atoms with Crippen LogP contribution >= 0.6 is 0 Å². The van der Waals surface area contributed by atoms with E-state index < -0.39 is 0 Å². The van der Waals surface area contributed by atoms with Gasteiger partial charge in [-0.2, -0.15) is 0 Å². The maximum Gasteiger partial charge on any atom is 0.173 e. The molecule has 0 aliphatic heterocycles. The molecule has 1 N–H and O–H groups in total. The van der Waals surface area contributed by atoms with Gasteiger partial charge in [-0.15, -0.1) is 0 Å². The van der Waals surface area contributed by atoms with Gasteiger partial charge in [0.1, 0.15) is 11.4 Å². The number of hydrogen-bond donors (Lipinski definition) is 1. The van der Waals surface area contributed by atoms with Crippen molar-refractivity contribution in [2.24, 2.45) is 0 Å². The average Bonchev–Trinajstić information content (AvgIpc) is 2.99. The van der Waals surface area contributed by atoms with Gasteiger partial charge in [0.05, 0.1) is 19.3 Å². The minimum Gasteiger partial charge on any atom is -0.497 e. The third kappa shape index (κ3) is 2.61. The van der Waals surface area contributed by atoms with Gasteiger partial charge in [-0.05, 0) is 37.3 Å². The maximum atomic E-state index is 9.76. The van der Waals surface area contributed by atoms with Crippen LogP contribution in [0.25, 0.3) is 22.6 Å². The van der Waals surface area contributed by atoms with Gasteiger partial charge in [-0.25, -0.2) is 0 Å². The first-order valence-electron chi connectivity index (χ1n) is 7.04. The normalized spacial score (nSPS) is 10.7. The van der Waals surface area contributed by atoms with Crippen LogP contribution in [0.15, 0.2) is 53.1 Å². The molecule has 0 saturated heterocycles. The zero-order chi connectivity index (χ0) is 15.5. The summed E-state index contributed by atoms with van der Waals surface area (Å²) in [4.78, 5) is 0. The largest absolute Gasteiger partial charge is 0.497 e. The van der Waals surface area contributed by atoms with Gasteiger partial charge in [0.25, 0.3) is 0 Å². The van der Waals surface area contributed by atoms with Crippen LogP contribution < -0.4 is 4.74 Å². The molecule has 0 bridgehead atoms. The topological polar surface area (TPSA) is 55.5 Å². The lowest BCUT2D eigenvalue weighted by Crippen LogP contribution is -1.90. The minimum atomic E-state index is -0.131. The standard InChI is InChI=1S/C18H17NO3/c1-12-4-3-5-14(10-12)18-16(11-20)17(19-22-18)13-6-8-15(21-2)9-7-13/h3-10,20H,11H2,1-2H3. The number of aromatic nitrogens is 1. The lowest BCUT2D eigenvalue weighted by molar-refractivity contribution is 0.281. The summed E-state index contributed by atoms with van der Waals surface area (Å²) in [6, 6.07) is 15.5. The van der Waals surface area contributed by atoms with E-state index in [1.165, 1.54) is 0 Å². The molecule has 0 aliphatic carbocycles. The number of benzene rings is 2. The second-order valence-electron chi connectivity index (χ2n) is 5.09. The number of aliphatic hydroxyl groups is 1. The van der Waals surface area contributed by atoms with E-state index in [4.69, 9.17) is 9.26 Å². The van der Waals surface area contributed by atoms with Crippen LogP contribution in [-0.4, -0.2) is 17.4 Å². The minimum absolute atomic E-state index is 0.131. The van der Waals surface area contributed by atoms with E-state index >= 15 is 0 Å². The Morgan fingerprint density at radius 3 is 2.50 bits per heavy atom. The Kier molecular flexibility index (Phi) is 3.94. The molecule has 22 heavy (non-hydrogen) atoms. The molecule has 0 spiro atoms. The third-order valence-corrected chi connectivity index (χ3v) is 3.59. The van der Waals surface area contributed by atoms with E-state index in [1.807, 2.05) is 55.5 Å². The molecule has 2 aromatic carbocycles. The molecule has 0 atom stereocenters. The summed E-state index contributed by atoms with van der Waals surface area (Å²) in [5.74, 6) is 1.38. The SMILES string of the molecule is COc1ccc(-c2noc(-c3cccc(C)c3)c2CO)cc1. The van der Waals surface area contributed by atoms with Crippen LogP contribution in [0.4, 0.5) is 0 Å². The molecule has 3 rings (SSSR count). The fourth-order valence-corrected chi connectivity index (χ4v) is 2.44. The van der Waals surface area contributed by atoms with Crippen molar-refractivity contribution in [3.8, 4) is 28.3 Å². The summed E-state index contributed by atoms with van der Waals surface area (Å²) < 4.78 is 10.7. The fraction of sp³-hybridized carbons (Fsp3) is 0.167. The molecule has 0 unspecified atom stereocenters. The molecule has 1 aromatic heterocycles. The van der Waals surface area contributed by atoms with E-state index in [0.29, 0.717) is 17.0 Å². The molecule has 0 aliphatic rings. The molecule has 4 heteroatoms. The highest BCUT2D eigenvalue weighted by Gasteiger charge is 2.18. The second kappa shape index (κ2) is 6.03. The van der Waals surface area contributed by atoms with Crippen LogP contribution in [0.2, 0.25) is 0 Å². The smallest absolute Gasteiger partial charge is 0.173 e. The van der Waals surface area contributed by atoms with E-state index in [2.05, 4.69) is 5.16 Å². The first-order valence-corrected chi connectivity index (χ1v) is 7.04. The van der Waals surface area contributed by atoms with Gasteiger partial charge in [-0.3, -0.25) is 0 Å². The van der Waals surface area contributed by atoms with Gasteiger partial charge >= 0.3 is 0 Å². The summed E-state index contributed by atoms with van der Waals surface area (Å²) in [5.41, 5.74) is 4.27. The number of rotatable bonds is 4. The molecule has 0 saturated carbocycles. The molecular weight excluding hydrogens is 278 g/mol. The van der Waals surface area contributed by atoms with Crippen LogP contribution in [0.5, 0.6) is 5.75 Å². The van der Waals surface area contributed by atoms with Crippen molar-refractivity contribution in [2.75, 3.05) is 7.11 Å². The molecule has 0 fully saturated rings. The second-order valence-corrected chi connectivity index (χ2v) is 5.09. The van der Waals surface area contributed by atoms with Crippen LogP contribution in [0.1, 0.15) is 11.1 Å². The third-order valence-electron chi connectivity index (χ3n) is 3.59. The number of methoxy groups -OCH3 is 1. The van der Waals surface area contributed by atoms with Crippen molar-refractivity contribution in [2.45, 2.75) is 13.5 Å². The maximum absolute atomic E-state index is 9.76. The number of aliphatic hydroxyl groups excluding tert-OH is 1. The highest BCUT2D eigenvalue weighted by atomic mass is 16.5. The highest BCUT2D eigenvalue weighted by molar-refractivity contribution is 5.73. The Morgan fingerprint density at radius 1 is 1.09 bits per heavy atom. The lowest BCUT2D eigenvalue weighted by Gasteiger charge is -2.03. The quantitative estimate of drug-likeness (QED) is 0.795. The van der Waals surface area contributed by atoms with E-state index in [0.717, 1.165) is 22.4 Å². The van der Waals surface area contributed by atoms with Gasteiger partial charge < -0.3 is 14.4 Å². The Bertz CT molecular complexity index is 775. The first kappa shape index (κ1) is 14.4. The number of aryl methyl sites for hydroxylation is 1. The first-order chi connectivity index (χ1) is 10.7.